The smallest absolute Gasteiger partial charge is 0.325 e. The van der Waals surface area contributed by atoms with Gasteiger partial charge in [0.05, 0.1) is 0 Å². The zero-order valence-corrected chi connectivity index (χ0v) is 7.72. The Morgan fingerprint density at radius 1 is 1.36 bits per heavy atom. The first-order valence-corrected chi connectivity index (χ1v) is 4.11. The van der Waals surface area contributed by atoms with Gasteiger partial charge < -0.3 is 10.7 Å². The van der Waals surface area contributed by atoms with Crippen LogP contribution >= 0.6 is 0 Å². The van der Waals surface area contributed by atoms with Gasteiger partial charge in [-0.25, -0.2) is 4.79 Å². The molecule has 0 aromatic carbocycles. The Morgan fingerprint density at radius 2 is 2.00 bits per heavy atom. The number of rotatable bonds is 3. The molecule has 0 saturated heterocycles. The fourth-order valence-corrected chi connectivity index (χ4v) is 1.18. The van der Waals surface area contributed by atoms with Crippen molar-refractivity contribution in [1.29, 1.82) is 0 Å². The molecule has 1 rings (SSSR count). The van der Waals surface area contributed by atoms with E-state index in [1.807, 2.05) is 0 Å². The fraction of sp³-hybridized carbons (Fsp3) is 0.375. The maximum absolute atomic E-state index is 11.2. The van der Waals surface area contributed by atoms with Gasteiger partial charge in [0.15, 0.2) is 0 Å². The van der Waals surface area contributed by atoms with Crippen LogP contribution in [0.5, 0.6) is 0 Å². The van der Waals surface area contributed by atoms with Crippen molar-refractivity contribution in [2.75, 3.05) is 0 Å². The van der Waals surface area contributed by atoms with E-state index in [1.165, 1.54) is 0 Å². The molecule has 1 aromatic heterocycles. The van der Waals surface area contributed by atoms with Gasteiger partial charge in [0.1, 0.15) is 0 Å². The summed E-state index contributed by atoms with van der Waals surface area (Å²) in [6.07, 6.45) is 0.337. The van der Waals surface area contributed by atoms with Crippen LogP contribution in [0.15, 0.2) is 9.59 Å². The lowest BCUT2D eigenvalue weighted by molar-refractivity contribution is -0.117. The topological polar surface area (TPSA) is 109 Å². The number of amides is 1. The van der Waals surface area contributed by atoms with Crippen LogP contribution in [0.25, 0.3) is 0 Å². The zero-order chi connectivity index (χ0) is 10.7. The highest BCUT2D eigenvalue weighted by Crippen LogP contribution is 1.98. The van der Waals surface area contributed by atoms with E-state index < -0.39 is 17.2 Å². The minimum Gasteiger partial charge on any atom is -0.370 e. The average Bonchev–Trinajstić information content (AvgIpc) is 2.01. The third-order valence-electron chi connectivity index (χ3n) is 1.88. The number of aromatic amines is 2. The van der Waals surface area contributed by atoms with E-state index in [0.717, 1.165) is 0 Å². The summed E-state index contributed by atoms with van der Waals surface area (Å²) in [7, 11) is 0. The third-order valence-corrected chi connectivity index (χ3v) is 1.88. The second-order valence-electron chi connectivity index (χ2n) is 2.98. The van der Waals surface area contributed by atoms with E-state index in [4.69, 9.17) is 5.73 Å². The molecule has 4 N–H and O–H groups in total. The lowest BCUT2D eigenvalue weighted by atomic mass is 10.1. The molecule has 0 unspecified atom stereocenters. The minimum absolute atomic E-state index is 0.0932. The molecule has 0 bridgehead atoms. The largest absolute Gasteiger partial charge is 0.370 e. The molecule has 1 heterocycles. The van der Waals surface area contributed by atoms with Crippen LogP contribution in [0.4, 0.5) is 0 Å². The standard InChI is InChI=1S/C8H11N3O3/c1-4-5(2-3-6(9)12)7(13)11-8(14)10-4/h2-3H2,1H3,(H2,9,12)(H2,10,11,13,14). The number of nitrogens with two attached hydrogens (primary N) is 1. The maximum atomic E-state index is 11.2. The van der Waals surface area contributed by atoms with Crippen molar-refractivity contribution in [3.8, 4) is 0 Å². The van der Waals surface area contributed by atoms with Gasteiger partial charge in [0, 0.05) is 17.7 Å². The summed E-state index contributed by atoms with van der Waals surface area (Å²) in [6.45, 7) is 1.60. The molecule has 76 valence electrons. The predicted octanol–water partition coefficient (Wildman–Crippen LogP) is -1.21. The lowest BCUT2D eigenvalue weighted by Crippen LogP contribution is -2.27. The Bertz CT molecular complexity index is 458. The molecular formula is C8H11N3O3. The highest BCUT2D eigenvalue weighted by molar-refractivity contribution is 5.74. The Morgan fingerprint density at radius 3 is 2.50 bits per heavy atom. The molecule has 0 radical (unpaired) electrons. The minimum atomic E-state index is -0.546. The summed E-state index contributed by atoms with van der Waals surface area (Å²) in [5.74, 6) is -0.477. The van der Waals surface area contributed by atoms with E-state index >= 15 is 0 Å². The number of primary amides is 1. The molecule has 1 aromatic rings. The number of H-pyrrole nitrogens is 2. The molecule has 0 saturated carbocycles. The van der Waals surface area contributed by atoms with Gasteiger partial charge in [-0.05, 0) is 13.3 Å². The summed E-state index contributed by atoms with van der Waals surface area (Å²) in [4.78, 5) is 37.1. The number of hydrogen-bond acceptors (Lipinski definition) is 3. The number of nitrogens with one attached hydrogen (secondary N) is 2. The first kappa shape index (κ1) is 10.2. The second-order valence-corrected chi connectivity index (χ2v) is 2.98. The van der Waals surface area contributed by atoms with Gasteiger partial charge in [0.2, 0.25) is 5.91 Å². The first-order chi connectivity index (χ1) is 6.50. The number of aromatic nitrogens is 2. The van der Waals surface area contributed by atoms with Gasteiger partial charge in [-0.2, -0.15) is 0 Å². The Kier molecular flexibility index (Phi) is 2.85. The molecular weight excluding hydrogens is 186 g/mol. The SMILES string of the molecule is Cc1[nH]c(=O)[nH]c(=O)c1CCC(N)=O. The van der Waals surface area contributed by atoms with Gasteiger partial charge in [0.25, 0.3) is 5.56 Å². The highest BCUT2D eigenvalue weighted by Gasteiger charge is 2.06. The zero-order valence-electron chi connectivity index (χ0n) is 7.72. The summed E-state index contributed by atoms with van der Waals surface area (Å²) >= 11 is 0. The van der Waals surface area contributed by atoms with Crippen molar-refractivity contribution >= 4 is 5.91 Å². The molecule has 6 nitrogen and oxygen atoms in total. The number of carbonyl (C=O) groups excluding carboxylic acids is 1. The van der Waals surface area contributed by atoms with Crippen LogP contribution in [0, 0.1) is 6.92 Å². The highest BCUT2D eigenvalue weighted by atomic mass is 16.2. The normalized spacial score (nSPS) is 10.1. The molecule has 0 aliphatic heterocycles. The predicted molar refractivity (Wildman–Crippen MR) is 49.9 cm³/mol. The Labute approximate surface area is 79.2 Å². The number of aryl methyl sites for hydroxylation is 1. The maximum Gasteiger partial charge on any atom is 0.325 e. The van der Waals surface area contributed by atoms with Crippen molar-refractivity contribution in [3.05, 3.63) is 32.1 Å². The van der Waals surface area contributed by atoms with E-state index in [-0.39, 0.29) is 12.8 Å². The van der Waals surface area contributed by atoms with Crippen LogP contribution < -0.4 is 17.0 Å². The van der Waals surface area contributed by atoms with Gasteiger partial charge in [-0.15, -0.1) is 0 Å². The molecule has 0 fully saturated rings. The average molecular weight is 197 g/mol. The van der Waals surface area contributed by atoms with Crippen LogP contribution in [0.3, 0.4) is 0 Å². The van der Waals surface area contributed by atoms with Crippen LogP contribution in [0.2, 0.25) is 0 Å². The van der Waals surface area contributed by atoms with E-state index in [2.05, 4.69) is 9.97 Å². The molecule has 1 amide bonds. The molecule has 0 aliphatic rings. The summed E-state index contributed by atoms with van der Waals surface area (Å²) in [6, 6.07) is 0. The molecule has 0 aliphatic carbocycles. The van der Waals surface area contributed by atoms with Gasteiger partial charge in [-0.1, -0.05) is 0 Å². The second kappa shape index (κ2) is 3.91. The van der Waals surface area contributed by atoms with Crippen molar-refractivity contribution < 1.29 is 4.79 Å². The molecule has 0 spiro atoms. The van der Waals surface area contributed by atoms with Crippen molar-refractivity contribution in [2.24, 2.45) is 5.73 Å². The van der Waals surface area contributed by atoms with E-state index in [9.17, 15) is 14.4 Å². The van der Waals surface area contributed by atoms with E-state index in [1.54, 1.807) is 6.92 Å². The Balaban J connectivity index is 3.03. The summed E-state index contributed by atoms with van der Waals surface area (Å²) in [5, 5.41) is 0. The third kappa shape index (κ3) is 2.32. The summed E-state index contributed by atoms with van der Waals surface area (Å²) in [5.41, 5.74) is 4.80. The number of carbonyl (C=O) groups is 1. The van der Waals surface area contributed by atoms with Crippen molar-refractivity contribution in [3.63, 3.8) is 0 Å². The van der Waals surface area contributed by atoms with E-state index in [0.29, 0.717) is 11.3 Å². The van der Waals surface area contributed by atoms with Crippen LogP contribution in [-0.2, 0) is 11.2 Å². The lowest BCUT2D eigenvalue weighted by Gasteiger charge is -2.01. The first-order valence-electron chi connectivity index (χ1n) is 4.11. The fourth-order valence-electron chi connectivity index (χ4n) is 1.18. The monoisotopic (exact) mass is 197 g/mol. The van der Waals surface area contributed by atoms with Gasteiger partial charge in [-0.3, -0.25) is 14.6 Å². The number of hydrogen-bond donors (Lipinski definition) is 3. The van der Waals surface area contributed by atoms with Gasteiger partial charge >= 0.3 is 5.69 Å². The quantitative estimate of drug-likeness (QED) is 0.565. The molecule has 6 heteroatoms. The van der Waals surface area contributed by atoms with Crippen LogP contribution in [0.1, 0.15) is 17.7 Å². The van der Waals surface area contributed by atoms with Crippen LogP contribution in [-0.4, -0.2) is 15.9 Å². The molecule has 0 atom stereocenters. The van der Waals surface area contributed by atoms with Crippen molar-refractivity contribution in [2.45, 2.75) is 19.8 Å². The van der Waals surface area contributed by atoms with Crippen molar-refractivity contribution in [1.82, 2.24) is 9.97 Å². The summed E-state index contributed by atoms with van der Waals surface area (Å²) < 4.78 is 0. The molecule has 14 heavy (non-hydrogen) atoms. The Hall–Kier alpha value is -1.85.